The van der Waals surface area contributed by atoms with Crippen molar-refractivity contribution in [3.05, 3.63) is 47.0 Å². The molecule has 0 aliphatic carbocycles. The zero-order valence-corrected chi connectivity index (χ0v) is 12.3. The number of aryl methyl sites for hydroxylation is 1. The second-order valence-electron chi connectivity index (χ2n) is 4.88. The fraction of sp³-hybridized carbons (Fsp3) is 0.400. The molecule has 2 rings (SSSR count). The average molecular weight is 277 g/mol. The minimum Gasteiger partial charge on any atom is -0.494 e. The van der Waals surface area contributed by atoms with Crippen molar-refractivity contribution < 1.29 is 9.13 Å². The molecule has 0 saturated heterocycles. The van der Waals surface area contributed by atoms with Crippen molar-refractivity contribution in [3.8, 4) is 5.75 Å². The van der Waals surface area contributed by atoms with Gasteiger partial charge in [-0.05, 0) is 31.5 Å². The Labute approximate surface area is 118 Å². The molecule has 0 spiro atoms. The van der Waals surface area contributed by atoms with Gasteiger partial charge in [0.15, 0.2) is 11.6 Å². The molecule has 0 aliphatic heterocycles. The van der Waals surface area contributed by atoms with Crippen LogP contribution in [0.15, 0.2) is 24.4 Å². The van der Waals surface area contributed by atoms with E-state index in [1.807, 2.05) is 31.8 Å². The predicted octanol–water partition coefficient (Wildman–Crippen LogP) is 2.73. The molecule has 1 aromatic carbocycles. The number of benzene rings is 1. The summed E-state index contributed by atoms with van der Waals surface area (Å²) in [5.74, 6) is -0.0692. The maximum atomic E-state index is 13.4. The van der Waals surface area contributed by atoms with Crippen LogP contribution in [0.25, 0.3) is 0 Å². The number of ether oxygens (including phenoxy) is 1. The Kier molecular flexibility index (Phi) is 4.39. The lowest BCUT2D eigenvalue weighted by molar-refractivity contribution is 0.385. The van der Waals surface area contributed by atoms with E-state index in [2.05, 4.69) is 10.4 Å². The van der Waals surface area contributed by atoms with Crippen molar-refractivity contribution in [1.82, 2.24) is 15.1 Å². The van der Waals surface area contributed by atoms with E-state index in [0.717, 1.165) is 23.4 Å². The fourth-order valence-electron chi connectivity index (χ4n) is 2.04. The van der Waals surface area contributed by atoms with E-state index in [1.165, 1.54) is 13.2 Å². The monoisotopic (exact) mass is 277 g/mol. The maximum absolute atomic E-state index is 13.4. The molecule has 0 fully saturated rings. The van der Waals surface area contributed by atoms with Gasteiger partial charge in [-0.15, -0.1) is 0 Å². The summed E-state index contributed by atoms with van der Waals surface area (Å²) in [7, 11) is 3.40. The first-order chi connectivity index (χ1) is 9.52. The minimum absolute atomic E-state index is 0.101. The molecule has 1 heterocycles. The van der Waals surface area contributed by atoms with Crippen LogP contribution < -0.4 is 10.1 Å². The SMILES string of the molecule is COc1cc(C(C)NCc2cnn(C)c2C)ccc1F. The Hall–Kier alpha value is -1.88. The third-order valence-electron chi connectivity index (χ3n) is 3.61. The maximum Gasteiger partial charge on any atom is 0.165 e. The normalized spacial score (nSPS) is 12.4. The lowest BCUT2D eigenvalue weighted by Gasteiger charge is -2.15. The third-order valence-corrected chi connectivity index (χ3v) is 3.61. The van der Waals surface area contributed by atoms with Crippen LogP contribution in [0, 0.1) is 12.7 Å². The van der Waals surface area contributed by atoms with Crippen LogP contribution >= 0.6 is 0 Å². The van der Waals surface area contributed by atoms with E-state index in [4.69, 9.17) is 4.74 Å². The number of methoxy groups -OCH3 is 1. The van der Waals surface area contributed by atoms with Crippen molar-refractivity contribution >= 4 is 0 Å². The molecule has 0 amide bonds. The largest absolute Gasteiger partial charge is 0.494 e. The van der Waals surface area contributed by atoms with Gasteiger partial charge in [-0.2, -0.15) is 5.10 Å². The summed E-state index contributed by atoms with van der Waals surface area (Å²) in [5.41, 5.74) is 3.29. The van der Waals surface area contributed by atoms with Gasteiger partial charge in [-0.25, -0.2) is 4.39 Å². The second kappa shape index (κ2) is 6.05. The van der Waals surface area contributed by atoms with Gasteiger partial charge in [0.1, 0.15) is 0 Å². The Bertz CT molecular complexity index is 595. The van der Waals surface area contributed by atoms with E-state index < -0.39 is 0 Å². The number of hydrogen-bond acceptors (Lipinski definition) is 3. The van der Waals surface area contributed by atoms with E-state index in [-0.39, 0.29) is 17.6 Å². The highest BCUT2D eigenvalue weighted by molar-refractivity contribution is 5.32. The Balaban J connectivity index is 2.05. The van der Waals surface area contributed by atoms with Crippen molar-refractivity contribution in [3.63, 3.8) is 0 Å². The highest BCUT2D eigenvalue weighted by Crippen LogP contribution is 2.22. The van der Waals surface area contributed by atoms with Crippen LogP contribution in [-0.2, 0) is 13.6 Å². The molecule has 0 saturated carbocycles. The molecule has 108 valence electrons. The average Bonchev–Trinajstić information content (AvgIpc) is 2.76. The van der Waals surface area contributed by atoms with Crippen molar-refractivity contribution in [2.75, 3.05) is 7.11 Å². The Morgan fingerprint density at radius 3 is 2.80 bits per heavy atom. The van der Waals surface area contributed by atoms with Gasteiger partial charge < -0.3 is 10.1 Å². The smallest absolute Gasteiger partial charge is 0.165 e. The van der Waals surface area contributed by atoms with Crippen molar-refractivity contribution in [1.29, 1.82) is 0 Å². The van der Waals surface area contributed by atoms with Gasteiger partial charge in [0.05, 0.1) is 13.3 Å². The van der Waals surface area contributed by atoms with Gasteiger partial charge in [0, 0.05) is 30.9 Å². The summed E-state index contributed by atoms with van der Waals surface area (Å²) < 4.78 is 20.2. The molecule has 1 N–H and O–H groups in total. The summed E-state index contributed by atoms with van der Waals surface area (Å²) in [4.78, 5) is 0. The minimum atomic E-state index is -0.341. The summed E-state index contributed by atoms with van der Waals surface area (Å²) in [6.07, 6.45) is 1.86. The first kappa shape index (κ1) is 14.5. The molecule has 20 heavy (non-hydrogen) atoms. The summed E-state index contributed by atoms with van der Waals surface area (Å²) in [6.45, 7) is 4.80. The van der Waals surface area contributed by atoms with Crippen molar-refractivity contribution in [2.45, 2.75) is 26.4 Å². The number of nitrogens with one attached hydrogen (secondary N) is 1. The number of rotatable bonds is 5. The number of hydrogen-bond donors (Lipinski definition) is 1. The topological polar surface area (TPSA) is 39.1 Å². The van der Waals surface area contributed by atoms with E-state index >= 15 is 0 Å². The lowest BCUT2D eigenvalue weighted by Crippen LogP contribution is -2.18. The highest BCUT2D eigenvalue weighted by atomic mass is 19.1. The van der Waals surface area contributed by atoms with Crippen LogP contribution in [0.2, 0.25) is 0 Å². The number of aromatic nitrogens is 2. The molecular weight excluding hydrogens is 257 g/mol. The van der Waals surface area contributed by atoms with Gasteiger partial charge in [0.2, 0.25) is 0 Å². The zero-order valence-electron chi connectivity index (χ0n) is 12.3. The summed E-state index contributed by atoms with van der Waals surface area (Å²) in [5, 5.41) is 7.62. The summed E-state index contributed by atoms with van der Waals surface area (Å²) >= 11 is 0. The molecule has 4 nitrogen and oxygen atoms in total. The molecule has 0 aliphatic rings. The van der Waals surface area contributed by atoms with Gasteiger partial charge in [-0.1, -0.05) is 6.07 Å². The predicted molar refractivity (Wildman–Crippen MR) is 76.2 cm³/mol. The first-order valence-electron chi connectivity index (χ1n) is 6.57. The van der Waals surface area contributed by atoms with E-state index in [1.54, 1.807) is 12.1 Å². The highest BCUT2D eigenvalue weighted by Gasteiger charge is 2.10. The summed E-state index contributed by atoms with van der Waals surface area (Å²) in [6, 6.07) is 5.03. The molecule has 0 bridgehead atoms. The molecule has 2 aromatic rings. The molecule has 1 aromatic heterocycles. The van der Waals surface area contributed by atoms with Gasteiger partial charge >= 0.3 is 0 Å². The van der Waals surface area contributed by atoms with E-state index in [9.17, 15) is 4.39 Å². The van der Waals surface area contributed by atoms with E-state index in [0.29, 0.717) is 0 Å². The van der Waals surface area contributed by atoms with Crippen LogP contribution in [0.1, 0.15) is 29.8 Å². The number of nitrogens with zero attached hydrogens (tertiary/aromatic N) is 2. The Morgan fingerprint density at radius 1 is 1.45 bits per heavy atom. The molecule has 1 atom stereocenters. The first-order valence-corrected chi connectivity index (χ1v) is 6.57. The second-order valence-corrected chi connectivity index (χ2v) is 4.88. The van der Waals surface area contributed by atoms with Crippen LogP contribution in [0.5, 0.6) is 5.75 Å². The molecule has 5 heteroatoms. The molecule has 0 radical (unpaired) electrons. The third kappa shape index (κ3) is 2.99. The zero-order chi connectivity index (χ0) is 14.7. The van der Waals surface area contributed by atoms with Crippen LogP contribution in [0.3, 0.4) is 0 Å². The van der Waals surface area contributed by atoms with Gasteiger partial charge in [0.25, 0.3) is 0 Å². The lowest BCUT2D eigenvalue weighted by atomic mass is 10.1. The van der Waals surface area contributed by atoms with Gasteiger partial charge in [-0.3, -0.25) is 4.68 Å². The molecule has 1 unspecified atom stereocenters. The fourth-order valence-corrected chi connectivity index (χ4v) is 2.04. The van der Waals surface area contributed by atoms with Crippen molar-refractivity contribution in [2.24, 2.45) is 7.05 Å². The Morgan fingerprint density at radius 2 is 2.20 bits per heavy atom. The standard InChI is InChI=1S/C15H20FN3O/c1-10(12-5-6-14(16)15(7-12)20-4)17-8-13-9-18-19(3)11(13)2/h5-7,9-10,17H,8H2,1-4H3. The molecular formula is C15H20FN3O. The quantitative estimate of drug-likeness (QED) is 0.913. The number of halogens is 1. The van der Waals surface area contributed by atoms with Crippen LogP contribution in [0.4, 0.5) is 4.39 Å². The van der Waals surface area contributed by atoms with Crippen LogP contribution in [-0.4, -0.2) is 16.9 Å².